The second-order valence-electron chi connectivity index (χ2n) is 4.13. The van der Waals surface area contributed by atoms with Gasteiger partial charge in [0.2, 0.25) is 0 Å². The van der Waals surface area contributed by atoms with Gasteiger partial charge < -0.3 is 10.2 Å². The van der Waals surface area contributed by atoms with Gasteiger partial charge in [0.25, 0.3) is 0 Å². The van der Waals surface area contributed by atoms with E-state index in [1.807, 2.05) is 38.2 Å². The van der Waals surface area contributed by atoms with Crippen molar-refractivity contribution < 1.29 is 4.42 Å². The van der Waals surface area contributed by atoms with E-state index in [2.05, 4.69) is 5.10 Å². The summed E-state index contributed by atoms with van der Waals surface area (Å²) in [6.45, 7) is 1.97. The van der Waals surface area contributed by atoms with Crippen LogP contribution in [0, 0.1) is 6.92 Å². The highest BCUT2D eigenvalue weighted by Crippen LogP contribution is 2.33. The van der Waals surface area contributed by atoms with E-state index in [9.17, 15) is 0 Å². The van der Waals surface area contributed by atoms with Gasteiger partial charge in [0.15, 0.2) is 0 Å². The van der Waals surface area contributed by atoms with Crippen LogP contribution in [-0.2, 0) is 7.05 Å². The van der Waals surface area contributed by atoms with Crippen molar-refractivity contribution in [1.82, 2.24) is 9.78 Å². The summed E-state index contributed by atoms with van der Waals surface area (Å²) in [5.74, 6) is 0.563. The summed E-state index contributed by atoms with van der Waals surface area (Å²) < 4.78 is 7.33. The van der Waals surface area contributed by atoms with E-state index in [0.29, 0.717) is 5.82 Å². The molecule has 86 valence electrons. The number of nitrogen functional groups attached to an aromatic ring is 1. The van der Waals surface area contributed by atoms with Crippen molar-refractivity contribution in [2.45, 2.75) is 6.92 Å². The smallest absolute Gasteiger partial charge is 0.149 e. The minimum atomic E-state index is 0.563. The molecule has 2 N–H and O–H groups in total. The zero-order valence-corrected chi connectivity index (χ0v) is 9.77. The third kappa shape index (κ3) is 1.34. The van der Waals surface area contributed by atoms with E-state index in [-0.39, 0.29) is 0 Å². The van der Waals surface area contributed by atoms with Gasteiger partial charge in [0, 0.05) is 23.6 Å². The summed E-state index contributed by atoms with van der Waals surface area (Å²) in [6, 6.07) is 7.95. The van der Waals surface area contributed by atoms with Crippen LogP contribution in [0.5, 0.6) is 0 Å². The highest BCUT2D eigenvalue weighted by atomic mass is 16.3. The van der Waals surface area contributed by atoms with Crippen LogP contribution >= 0.6 is 0 Å². The Hall–Kier alpha value is -2.23. The van der Waals surface area contributed by atoms with E-state index in [1.165, 1.54) is 0 Å². The fourth-order valence-corrected chi connectivity index (χ4v) is 2.19. The molecule has 3 rings (SSSR count). The summed E-state index contributed by atoms with van der Waals surface area (Å²) in [6.07, 6.45) is 1.76. The second-order valence-corrected chi connectivity index (χ2v) is 4.13. The molecule has 0 atom stereocenters. The lowest BCUT2D eigenvalue weighted by atomic mass is 10.1. The van der Waals surface area contributed by atoms with E-state index >= 15 is 0 Å². The molecule has 0 bridgehead atoms. The number of para-hydroxylation sites is 1. The number of aromatic nitrogens is 2. The maximum Gasteiger partial charge on any atom is 0.149 e. The van der Waals surface area contributed by atoms with Crippen LogP contribution in [-0.4, -0.2) is 9.78 Å². The number of fused-ring (bicyclic) bond motifs is 1. The molecule has 0 saturated carbocycles. The first kappa shape index (κ1) is 9.96. The molecule has 17 heavy (non-hydrogen) atoms. The highest BCUT2D eigenvalue weighted by Gasteiger charge is 2.16. The standard InChI is InChI=1S/C13H13N3O/c1-8-12(16(2)15-13(8)14)10-7-17-11-6-4-3-5-9(10)11/h3-7H,1-2H3,(H2,14,15). The third-order valence-electron chi connectivity index (χ3n) is 3.06. The number of nitrogens with two attached hydrogens (primary N) is 1. The molecule has 0 fully saturated rings. The maximum absolute atomic E-state index is 5.83. The summed E-state index contributed by atoms with van der Waals surface area (Å²) >= 11 is 0. The molecule has 0 spiro atoms. The van der Waals surface area contributed by atoms with Crippen molar-refractivity contribution in [3.8, 4) is 11.3 Å². The molecule has 1 aromatic carbocycles. The van der Waals surface area contributed by atoms with Crippen molar-refractivity contribution in [2.75, 3.05) is 5.73 Å². The molecule has 0 radical (unpaired) electrons. The Bertz CT molecular complexity index is 694. The molecular weight excluding hydrogens is 214 g/mol. The van der Waals surface area contributed by atoms with Gasteiger partial charge in [-0.1, -0.05) is 18.2 Å². The van der Waals surface area contributed by atoms with Gasteiger partial charge in [-0.2, -0.15) is 5.10 Å². The van der Waals surface area contributed by atoms with Crippen LogP contribution in [0.25, 0.3) is 22.2 Å². The van der Waals surface area contributed by atoms with Crippen LogP contribution in [0.15, 0.2) is 34.9 Å². The quantitative estimate of drug-likeness (QED) is 0.695. The Morgan fingerprint density at radius 2 is 2.06 bits per heavy atom. The lowest BCUT2D eigenvalue weighted by Gasteiger charge is -2.00. The lowest BCUT2D eigenvalue weighted by molar-refractivity contribution is 0.616. The van der Waals surface area contributed by atoms with Crippen molar-refractivity contribution in [2.24, 2.45) is 7.05 Å². The number of hydrogen-bond acceptors (Lipinski definition) is 3. The average molecular weight is 227 g/mol. The molecule has 0 aliphatic carbocycles. The topological polar surface area (TPSA) is 57.0 Å². The molecule has 3 aromatic rings. The number of anilines is 1. The van der Waals surface area contributed by atoms with Crippen LogP contribution in [0.2, 0.25) is 0 Å². The number of hydrogen-bond donors (Lipinski definition) is 1. The molecular formula is C13H13N3O. The van der Waals surface area contributed by atoms with Gasteiger partial charge in [-0.25, -0.2) is 0 Å². The first-order valence-corrected chi connectivity index (χ1v) is 5.44. The zero-order valence-electron chi connectivity index (χ0n) is 9.77. The first-order valence-electron chi connectivity index (χ1n) is 5.44. The van der Waals surface area contributed by atoms with Crippen molar-refractivity contribution in [1.29, 1.82) is 0 Å². The molecule has 2 heterocycles. The molecule has 0 aliphatic rings. The zero-order chi connectivity index (χ0) is 12.0. The number of aryl methyl sites for hydroxylation is 1. The minimum Gasteiger partial charge on any atom is -0.464 e. The number of rotatable bonds is 1. The highest BCUT2D eigenvalue weighted by molar-refractivity contribution is 5.94. The van der Waals surface area contributed by atoms with Crippen LogP contribution < -0.4 is 5.73 Å². The Balaban J connectivity index is 2.35. The first-order chi connectivity index (χ1) is 8.18. The average Bonchev–Trinajstić information content (AvgIpc) is 2.82. The summed E-state index contributed by atoms with van der Waals surface area (Å²) in [5.41, 5.74) is 9.73. The molecule has 4 nitrogen and oxygen atoms in total. The Labute approximate surface area is 98.6 Å². The van der Waals surface area contributed by atoms with Crippen LogP contribution in [0.3, 0.4) is 0 Å². The van der Waals surface area contributed by atoms with Gasteiger partial charge in [-0.05, 0) is 13.0 Å². The van der Waals surface area contributed by atoms with Crippen molar-refractivity contribution >= 4 is 16.8 Å². The van der Waals surface area contributed by atoms with E-state index in [4.69, 9.17) is 10.2 Å². The maximum atomic E-state index is 5.83. The van der Waals surface area contributed by atoms with Gasteiger partial charge in [0.05, 0.1) is 5.69 Å². The van der Waals surface area contributed by atoms with Gasteiger partial charge in [0.1, 0.15) is 17.7 Å². The SMILES string of the molecule is Cc1c(N)nn(C)c1-c1coc2ccccc12. The van der Waals surface area contributed by atoms with E-state index in [1.54, 1.807) is 10.9 Å². The van der Waals surface area contributed by atoms with Crippen molar-refractivity contribution in [3.05, 3.63) is 36.1 Å². The van der Waals surface area contributed by atoms with Crippen molar-refractivity contribution in [3.63, 3.8) is 0 Å². The Morgan fingerprint density at radius 3 is 2.76 bits per heavy atom. The fourth-order valence-electron chi connectivity index (χ4n) is 2.19. The molecule has 0 unspecified atom stereocenters. The minimum absolute atomic E-state index is 0.563. The normalized spacial score (nSPS) is 11.2. The Morgan fingerprint density at radius 1 is 1.29 bits per heavy atom. The summed E-state index contributed by atoms with van der Waals surface area (Å²) in [7, 11) is 1.89. The molecule has 2 aromatic heterocycles. The van der Waals surface area contributed by atoms with Crippen LogP contribution in [0.4, 0.5) is 5.82 Å². The van der Waals surface area contributed by atoms with Crippen LogP contribution in [0.1, 0.15) is 5.56 Å². The number of benzene rings is 1. The number of nitrogens with zero attached hydrogens (tertiary/aromatic N) is 2. The summed E-state index contributed by atoms with van der Waals surface area (Å²) in [4.78, 5) is 0. The second kappa shape index (κ2) is 3.38. The monoisotopic (exact) mass is 227 g/mol. The third-order valence-corrected chi connectivity index (χ3v) is 3.06. The van der Waals surface area contributed by atoms with E-state index < -0.39 is 0 Å². The predicted molar refractivity (Wildman–Crippen MR) is 67.6 cm³/mol. The summed E-state index contributed by atoms with van der Waals surface area (Å²) in [5, 5.41) is 5.31. The predicted octanol–water partition coefficient (Wildman–Crippen LogP) is 2.72. The lowest BCUT2D eigenvalue weighted by Crippen LogP contribution is -1.94. The fraction of sp³-hybridized carbons (Fsp3) is 0.154. The van der Waals surface area contributed by atoms with Gasteiger partial charge >= 0.3 is 0 Å². The van der Waals surface area contributed by atoms with Gasteiger partial charge in [-0.3, -0.25) is 4.68 Å². The molecule has 0 saturated heterocycles. The number of furan rings is 1. The van der Waals surface area contributed by atoms with E-state index in [0.717, 1.165) is 27.8 Å². The Kier molecular flexibility index (Phi) is 1.98. The molecule has 0 aliphatic heterocycles. The molecule has 4 heteroatoms. The molecule has 0 amide bonds. The van der Waals surface area contributed by atoms with Gasteiger partial charge in [-0.15, -0.1) is 0 Å². The largest absolute Gasteiger partial charge is 0.464 e.